The molecule has 0 fully saturated rings. The number of methoxy groups -OCH3 is 1. The summed E-state index contributed by atoms with van der Waals surface area (Å²) in [6.07, 6.45) is 1.70. The van der Waals surface area contributed by atoms with Crippen LogP contribution in [0.4, 0.5) is 11.4 Å². The molecule has 0 spiro atoms. The second kappa shape index (κ2) is 5.97. The highest BCUT2D eigenvalue weighted by Crippen LogP contribution is 2.40. The second-order valence-electron chi connectivity index (χ2n) is 5.36. The smallest absolute Gasteiger partial charge is 0.293 e. The maximum absolute atomic E-state index is 11.2. The average Bonchev–Trinajstić information content (AvgIpc) is 2.98. The first-order chi connectivity index (χ1) is 11.1. The molecule has 0 aromatic heterocycles. The van der Waals surface area contributed by atoms with Gasteiger partial charge in [0.1, 0.15) is 11.4 Å². The lowest BCUT2D eigenvalue weighted by atomic mass is 10.1. The fourth-order valence-corrected chi connectivity index (χ4v) is 3.02. The first-order valence-electron chi connectivity index (χ1n) is 7.25. The van der Waals surface area contributed by atoms with Gasteiger partial charge < -0.3 is 10.1 Å². The van der Waals surface area contributed by atoms with Crippen LogP contribution in [-0.4, -0.2) is 12.0 Å². The largest absolute Gasteiger partial charge is 0.496 e. The predicted molar refractivity (Wildman–Crippen MR) is 85.5 cm³/mol. The van der Waals surface area contributed by atoms with Gasteiger partial charge in [-0.25, -0.2) is 0 Å². The molecule has 1 N–H and O–H groups in total. The van der Waals surface area contributed by atoms with Crippen molar-refractivity contribution < 1.29 is 9.66 Å². The summed E-state index contributed by atoms with van der Waals surface area (Å²) in [7, 11) is 1.64. The number of anilines is 1. The summed E-state index contributed by atoms with van der Waals surface area (Å²) in [6, 6.07) is 12.2. The van der Waals surface area contributed by atoms with Crippen molar-refractivity contribution in [2.24, 2.45) is 0 Å². The molecule has 0 radical (unpaired) electrons. The Morgan fingerprint density at radius 1 is 1.39 bits per heavy atom. The van der Waals surface area contributed by atoms with Gasteiger partial charge in [-0.1, -0.05) is 12.1 Å². The Bertz CT molecular complexity index is 811. The Hall–Kier alpha value is -3.07. The van der Waals surface area contributed by atoms with Crippen LogP contribution in [0, 0.1) is 21.4 Å². The number of hydrogen-bond donors (Lipinski definition) is 1. The quantitative estimate of drug-likeness (QED) is 0.689. The first kappa shape index (κ1) is 14.9. The van der Waals surface area contributed by atoms with Crippen molar-refractivity contribution in [3.05, 3.63) is 63.2 Å². The van der Waals surface area contributed by atoms with Crippen molar-refractivity contribution in [1.82, 2.24) is 0 Å². The monoisotopic (exact) mass is 309 g/mol. The van der Waals surface area contributed by atoms with E-state index < -0.39 is 4.92 Å². The summed E-state index contributed by atoms with van der Waals surface area (Å²) in [5, 5.41) is 23.4. The minimum atomic E-state index is -0.468. The minimum absolute atomic E-state index is 0.00765. The second-order valence-corrected chi connectivity index (χ2v) is 5.36. The Labute approximate surface area is 133 Å². The van der Waals surface area contributed by atoms with Gasteiger partial charge in [0.15, 0.2) is 0 Å². The SMILES string of the molecule is COc1cccc2c1CCC2Nc1ccc(C#N)cc1[N+](=O)[O-]. The standard InChI is InChI=1S/C17H15N3O3/c1-23-17-4-2-3-12-13(17)6-8-14(12)19-15-7-5-11(10-18)9-16(15)20(21)22/h2-5,7,9,14,19H,6,8H2,1H3. The van der Waals surface area contributed by atoms with Crippen molar-refractivity contribution in [3.63, 3.8) is 0 Å². The highest BCUT2D eigenvalue weighted by Gasteiger charge is 2.27. The molecule has 0 heterocycles. The fourth-order valence-electron chi connectivity index (χ4n) is 3.02. The van der Waals surface area contributed by atoms with E-state index >= 15 is 0 Å². The van der Waals surface area contributed by atoms with Gasteiger partial charge in [-0.3, -0.25) is 10.1 Å². The van der Waals surface area contributed by atoms with E-state index in [0.29, 0.717) is 5.69 Å². The van der Waals surface area contributed by atoms with Crippen LogP contribution in [0.5, 0.6) is 5.75 Å². The Morgan fingerprint density at radius 3 is 2.91 bits per heavy atom. The molecule has 2 aromatic carbocycles. The molecule has 3 rings (SSSR count). The van der Waals surface area contributed by atoms with Gasteiger partial charge in [0.05, 0.1) is 29.7 Å². The molecule has 0 saturated heterocycles. The van der Waals surface area contributed by atoms with Crippen LogP contribution >= 0.6 is 0 Å². The minimum Gasteiger partial charge on any atom is -0.496 e. The van der Waals surface area contributed by atoms with Crippen LogP contribution in [0.2, 0.25) is 0 Å². The summed E-state index contributed by atoms with van der Waals surface area (Å²) in [4.78, 5) is 10.8. The molecule has 1 unspecified atom stereocenters. The number of hydrogen-bond acceptors (Lipinski definition) is 5. The topological polar surface area (TPSA) is 88.2 Å². The predicted octanol–water partition coefficient (Wildman–Crippen LogP) is 3.57. The normalized spacial score (nSPS) is 15.6. The lowest BCUT2D eigenvalue weighted by Crippen LogP contribution is -2.09. The van der Waals surface area contributed by atoms with Gasteiger partial charge in [-0.05, 0) is 42.2 Å². The Morgan fingerprint density at radius 2 is 2.22 bits per heavy atom. The van der Waals surface area contributed by atoms with Gasteiger partial charge >= 0.3 is 0 Å². The molecular formula is C17H15N3O3. The van der Waals surface area contributed by atoms with E-state index in [9.17, 15) is 10.1 Å². The van der Waals surface area contributed by atoms with E-state index in [-0.39, 0.29) is 17.3 Å². The van der Waals surface area contributed by atoms with Gasteiger partial charge in [-0.2, -0.15) is 5.26 Å². The van der Waals surface area contributed by atoms with Gasteiger partial charge in [0.2, 0.25) is 0 Å². The van der Waals surface area contributed by atoms with E-state index in [1.165, 1.54) is 6.07 Å². The molecule has 0 saturated carbocycles. The number of nitro benzene ring substituents is 1. The molecule has 6 nitrogen and oxygen atoms in total. The number of benzene rings is 2. The van der Waals surface area contributed by atoms with Crippen molar-refractivity contribution in [3.8, 4) is 11.8 Å². The number of nitriles is 1. The van der Waals surface area contributed by atoms with E-state index in [2.05, 4.69) is 5.32 Å². The highest BCUT2D eigenvalue weighted by atomic mass is 16.6. The molecule has 1 aliphatic carbocycles. The molecule has 1 atom stereocenters. The van der Waals surface area contributed by atoms with E-state index in [4.69, 9.17) is 10.00 Å². The van der Waals surface area contributed by atoms with Crippen LogP contribution in [0.1, 0.15) is 29.2 Å². The summed E-state index contributed by atoms with van der Waals surface area (Å²) in [5.41, 5.74) is 2.86. The van der Waals surface area contributed by atoms with Crippen LogP contribution in [0.25, 0.3) is 0 Å². The van der Waals surface area contributed by atoms with Gasteiger partial charge in [-0.15, -0.1) is 0 Å². The number of nitrogens with zero attached hydrogens (tertiary/aromatic N) is 2. The zero-order valence-electron chi connectivity index (χ0n) is 12.6. The lowest BCUT2D eigenvalue weighted by molar-refractivity contribution is -0.384. The Kier molecular flexibility index (Phi) is 3.85. The third-order valence-electron chi connectivity index (χ3n) is 4.10. The van der Waals surface area contributed by atoms with E-state index in [1.807, 2.05) is 24.3 Å². The van der Waals surface area contributed by atoms with Crippen LogP contribution in [0.3, 0.4) is 0 Å². The van der Waals surface area contributed by atoms with Crippen molar-refractivity contribution >= 4 is 11.4 Å². The zero-order chi connectivity index (χ0) is 16.4. The van der Waals surface area contributed by atoms with Gasteiger partial charge in [0.25, 0.3) is 5.69 Å². The number of nitrogens with one attached hydrogen (secondary N) is 1. The average molecular weight is 309 g/mol. The van der Waals surface area contributed by atoms with Gasteiger partial charge in [0, 0.05) is 6.07 Å². The summed E-state index contributed by atoms with van der Waals surface area (Å²) >= 11 is 0. The summed E-state index contributed by atoms with van der Waals surface area (Å²) < 4.78 is 5.38. The molecular weight excluding hydrogens is 294 g/mol. The zero-order valence-corrected chi connectivity index (χ0v) is 12.6. The molecule has 6 heteroatoms. The summed E-state index contributed by atoms with van der Waals surface area (Å²) in [6.45, 7) is 0. The third kappa shape index (κ3) is 2.69. The van der Waals surface area contributed by atoms with E-state index in [0.717, 1.165) is 29.7 Å². The first-order valence-corrected chi connectivity index (χ1v) is 7.25. The van der Waals surface area contributed by atoms with E-state index in [1.54, 1.807) is 19.2 Å². The van der Waals surface area contributed by atoms with Crippen LogP contribution in [0.15, 0.2) is 36.4 Å². The number of fused-ring (bicyclic) bond motifs is 1. The molecule has 2 aromatic rings. The molecule has 0 amide bonds. The maximum Gasteiger partial charge on any atom is 0.293 e. The fraction of sp³-hybridized carbons (Fsp3) is 0.235. The van der Waals surface area contributed by atoms with Crippen molar-refractivity contribution in [2.45, 2.75) is 18.9 Å². The maximum atomic E-state index is 11.2. The molecule has 116 valence electrons. The summed E-state index contributed by atoms with van der Waals surface area (Å²) in [5.74, 6) is 0.848. The molecule has 1 aliphatic rings. The highest BCUT2D eigenvalue weighted by molar-refractivity contribution is 5.65. The van der Waals surface area contributed by atoms with Crippen LogP contribution < -0.4 is 10.1 Å². The van der Waals surface area contributed by atoms with Crippen LogP contribution in [-0.2, 0) is 6.42 Å². The van der Waals surface area contributed by atoms with Crippen molar-refractivity contribution in [2.75, 3.05) is 12.4 Å². The molecule has 23 heavy (non-hydrogen) atoms. The number of ether oxygens (including phenoxy) is 1. The lowest BCUT2D eigenvalue weighted by Gasteiger charge is -2.16. The van der Waals surface area contributed by atoms with Crippen molar-refractivity contribution in [1.29, 1.82) is 5.26 Å². The number of nitro groups is 1. The molecule has 0 aliphatic heterocycles. The Balaban J connectivity index is 1.94. The molecule has 0 bridgehead atoms. The number of rotatable bonds is 4. The third-order valence-corrected chi connectivity index (χ3v) is 4.10.